The Labute approximate surface area is 146 Å². The maximum atomic E-state index is 11.9. The summed E-state index contributed by atoms with van der Waals surface area (Å²) >= 11 is 0. The molecule has 6 N–H and O–H groups in total. The second-order valence-electron chi connectivity index (χ2n) is 6.17. The fourth-order valence-corrected chi connectivity index (χ4v) is 3.93. The highest BCUT2D eigenvalue weighted by Gasteiger charge is 2.52. The number of cyclic esters (lactones) is 1. The predicted molar refractivity (Wildman–Crippen MR) is 83.8 cm³/mol. The lowest BCUT2D eigenvalue weighted by molar-refractivity contribution is -0.168. The number of carbonyl (C=O) groups excluding carboxylic acids is 1. The molecule has 3 heterocycles. The highest BCUT2D eigenvalue weighted by molar-refractivity contribution is 7.53. The average molecular weight is 391 g/mol. The Morgan fingerprint density at radius 2 is 1.92 bits per heavy atom. The van der Waals surface area contributed by atoms with Crippen LogP contribution in [0.2, 0.25) is 0 Å². The third-order valence-electron chi connectivity index (χ3n) is 4.44. The quantitative estimate of drug-likeness (QED) is 0.274. The molecule has 0 unspecified atom stereocenters. The Morgan fingerprint density at radius 1 is 1.23 bits per heavy atom. The minimum absolute atomic E-state index is 0.0115. The number of hydrogen-bond donors (Lipinski definition) is 5. The Hall–Kier alpha value is -1.82. The van der Waals surface area contributed by atoms with Crippen LogP contribution in [0.15, 0.2) is 17.1 Å². The monoisotopic (exact) mass is 391 g/mol. The highest BCUT2D eigenvalue weighted by Crippen LogP contribution is 2.47. The van der Waals surface area contributed by atoms with Gasteiger partial charge < -0.3 is 35.2 Å². The smallest absolute Gasteiger partial charge is 0.351 e. The lowest BCUT2D eigenvalue weighted by Crippen LogP contribution is -2.46. The third-order valence-corrected chi connectivity index (χ3v) is 5.72. The molecule has 144 valence electrons. The van der Waals surface area contributed by atoms with Gasteiger partial charge in [-0.15, -0.1) is 0 Å². The molecule has 6 atom stereocenters. The van der Waals surface area contributed by atoms with E-state index < -0.39 is 55.6 Å². The maximum absolute atomic E-state index is 11.9. The molecule has 0 amide bonds. The lowest BCUT2D eigenvalue weighted by Gasteiger charge is -2.32. The Kier molecular flexibility index (Phi) is 4.90. The molecule has 0 bridgehead atoms. The highest BCUT2D eigenvalue weighted by atomic mass is 31.2. The van der Waals surface area contributed by atoms with E-state index in [-0.39, 0.29) is 18.7 Å². The molecule has 1 aromatic heterocycles. The number of anilines is 1. The van der Waals surface area contributed by atoms with Crippen molar-refractivity contribution in [2.24, 2.45) is 0 Å². The fourth-order valence-electron chi connectivity index (χ4n) is 3.11. The molecule has 26 heavy (non-hydrogen) atoms. The average Bonchev–Trinajstić information content (AvgIpc) is 2.82. The van der Waals surface area contributed by atoms with Gasteiger partial charge in [0.25, 0.3) is 0 Å². The summed E-state index contributed by atoms with van der Waals surface area (Å²) in [6.07, 6.45) is -5.41. The van der Waals surface area contributed by atoms with Crippen LogP contribution in [-0.4, -0.2) is 65.6 Å². The number of nitrogens with two attached hydrogens (primary N) is 1. The van der Waals surface area contributed by atoms with Crippen molar-refractivity contribution >= 4 is 19.4 Å². The van der Waals surface area contributed by atoms with E-state index in [1.807, 2.05) is 0 Å². The van der Waals surface area contributed by atoms with Gasteiger partial charge in [-0.05, 0) is 18.9 Å². The number of hydrogen-bond acceptors (Lipinski definition) is 9. The molecule has 13 heteroatoms. The summed E-state index contributed by atoms with van der Waals surface area (Å²) in [7, 11) is -4.65. The first-order chi connectivity index (χ1) is 12.1. The van der Waals surface area contributed by atoms with Crippen LogP contribution in [0.5, 0.6) is 0 Å². The van der Waals surface area contributed by atoms with Crippen molar-refractivity contribution in [3.8, 4) is 0 Å². The molecular weight excluding hydrogens is 373 g/mol. The van der Waals surface area contributed by atoms with E-state index in [0.29, 0.717) is 0 Å². The standard InChI is InChI=1S/C13H18N3O9P/c14-7-3-4-16(13(20)15-7)11-9(18)8(17)10(25-11)5-1-2-6(12(19)24-5)26(21,22)23/h3-6,8-11,17-18H,1-2H2,(H2,14,15,20)(H2,21,22,23)/t5-,6+,8+,9+,10-,11-/m1/s1. The van der Waals surface area contributed by atoms with Crippen LogP contribution in [0, 0.1) is 0 Å². The van der Waals surface area contributed by atoms with Crippen LogP contribution in [0.3, 0.4) is 0 Å². The van der Waals surface area contributed by atoms with E-state index in [9.17, 15) is 24.4 Å². The zero-order valence-electron chi connectivity index (χ0n) is 13.3. The van der Waals surface area contributed by atoms with Gasteiger partial charge in [0.2, 0.25) is 0 Å². The molecule has 2 aliphatic rings. The van der Waals surface area contributed by atoms with Gasteiger partial charge in [0, 0.05) is 6.20 Å². The van der Waals surface area contributed by atoms with Crippen LogP contribution in [0.1, 0.15) is 19.1 Å². The SMILES string of the molecule is Nc1ccn([C@@H]2O[C@H]([C@H]3CC[C@H](P(=O)(O)O)C(=O)O3)[C@@H](O)[C@@H]2O)c(=O)n1. The molecule has 2 fully saturated rings. The Morgan fingerprint density at radius 3 is 2.50 bits per heavy atom. The van der Waals surface area contributed by atoms with E-state index in [1.165, 1.54) is 12.3 Å². The van der Waals surface area contributed by atoms with E-state index >= 15 is 0 Å². The van der Waals surface area contributed by atoms with Crippen molar-refractivity contribution in [2.45, 2.75) is 49.1 Å². The summed E-state index contributed by atoms with van der Waals surface area (Å²) in [6, 6.07) is 1.31. The first-order valence-corrected chi connectivity index (χ1v) is 9.39. The summed E-state index contributed by atoms with van der Waals surface area (Å²) in [5, 5.41) is 20.4. The number of carbonyl (C=O) groups is 1. The van der Waals surface area contributed by atoms with E-state index in [1.54, 1.807) is 0 Å². The second kappa shape index (κ2) is 6.72. The minimum atomic E-state index is -4.65. The van der Waals surface area contributed by atoms with Gasteiger partial charge in [-0.25, -0.2) is 4.79 Å². The van der Waals surface area contributed by atoms with Gasteiger partial charge in [-0.3, -0.25) is 13.9 Å². The molecule has 0 saturated carbocycles. The number of aromatic nitrogens is 2. The van der Waals surface area contributed by atoms with Crippen molar-refractivity contribution in [1.82, 2.24) is 9.55 Å². The molecular formula is C13H18N3O9P. The summed E-state index contributed by atoms with van der Waals surface area (Å²) in [6.45, 7) is 0. The van der Waals surface area contributed by atoms with E-state index in [0.717, 1.165) is 4.57 Å². The van der Waals surface area contributed by atoms with Crippen LogP contribution in [0.25, 0.3) is 0 Å². The zero-order chi connectivity index (χ0) is 19.2. The predicted octanol–water partition coefficient (Wildman–Crippen LogP) is -2.30. The van der Waals surface area contributed by atoms with Gasteiger partial charge in [0.05, 0.1) is 0 Å². The van der Waals surface area contributed by atoms with Crippen molar-refractivity contribution in [2.75, 3.05) is 5.73 Å². The van der Waals surface area contributed by atoms with Crippen LogP contribution in [0.4, 0.5) is 5.82 Å². The van der Waals surface area contributed by atoms with Crippen LogP contribution in [-0.2, 0) is 18.8 Å². The van der Waals surface area contributed by atoms with Crippen molar-refractivity contribution in [3.63, 3.8) is 0 Å². The molecule has 2 saturated heterocycles. The Balaban J connectivity index is 1.77. The molecule has 0 aromatic carbocycles. The van der Waals surface area contributed by atoms with E-state index in [2.05, 4.69) is 4.98 Å². The number of nitrogen functional groups attached to an aromatic ring is 1. The zero-order valence-corrected chi connectivity index (χ0v) is 14.2. The first kappa shape index (κ1) is 19.0. The molecule has 0 spiro atoms. The van der Waals surface area contributed by atoms with Crippen molar-refractivity contribution in [1.29, 1.82) is 0 Å². The van der Waals surface area contributed by atoms with Gasteiger partial charge in [0.15, 0.2) is 11.9 Å². The number of nitrogens with zero attached hydrogens (tertiary/aromatic N) is 2. The summed E-state index contributed by atoms with van der Waals surface area (Å²) < 4.78 is 22.7. The van der Waals surface area contributed by atoms with Gasteiger partial charge in [0.1, 0.15) is 30.2 Å². The van der Waals surface area contributed by atoms with Gasteiger partial charge in [-0.2, -0.15) is 4.98 Å². The fraction of sp³-hybridized carbons (Fsp3) is 0.615. The largest absolute Gasteiger partial charge is 0.459 e. The van der Waals surface area contributed by atoms with Gasteiger partial charge in [-0.1, -0.05) is 0 Å². The second-order valence-corrected chi connectivity index (χ2v) is 7.97. The van der Waals surface area contributed by atoms with Crippen LogP contribution >= 0.6 is 7.60 Å². The van der Waals surface area contributed by atoms with Crippen molar-refractivity contribution in [3.05, 3.63) is 22.7 Å². The molecule has 1 aromatic rings. The lowest BCUT2D eigenvalue weighted by atomic mass is 9.98. The normalized spacial score (nSPS) is 35.3. The molecule has 3 rings (SSSR count). The number of ether oxygens (including phenoxy) is 2. The first-order valence-electron chi connectivity index (χ1n) is 7.71. The number of esters is 1. The van der Waals surface area contributed by atoms with Gasteiger partial charge >= 0.3 is 19.3 Å². The number of aliphatic hydroxyl groups excluding tert-OH is 2. The third kappa shape index (κ3) is 3.39. The molecule has 0 radical (unpaired) electrons. The summed E-state index contributed by atoms with van der Waals surface area (Å²) in [5.74, 6) is -1.13. The Bertz CT molecular complexity index is 808. The maximum Gasteiger partial charge on any atom is 0.351 e. The number of aliphatic hydroxyl groups is 2. The number of rotatable bonds is 3. The summed E-state index contributed by atoms with van der Waals surface area (Å²) in [4.78, 5) is 45.5. The molecule has 2 aliphatic heterocycles. The topological polar surface area (TPSA) is 194 Å². The molecule has 0 aliphatic carbocycles. The molecule has 12 nitrogen and oxygen atoms in total. The van der Waals surface area contributed by atoms with Crippen molar-refractivity contribution < 1.29 is 38.8 Å². The van der Waals surface area contributed by atoms with E-state index in [4.69, 9.17) is 25.0 Å². The summed E-state index contributed by atoms with van der Waals surface area (Å²) in [5.41, 5.74) is 3.03. The minimum Gasteiger partial charge on any atom is -0.459 e. The van der Waals surface area contributed by atoms with Crippen LogP contribution < -0.4 is 11.4 Å².